The summed E-state index contributed by atoms with van der Waals surface area (Å²) >= 11 is 6.49. The third-order valence-corrected chi connectivity index (χ3v) is 8.17. The number of rotatable bonds is 8. The first-order valence-corrected chi connectivity index (χ1v) is 17.0. The maximum atomic E-state index is 12.1. The molecule has 0 bridgehead atoms. The average Bonchev–Trinajstić information content (AvgIpc) is 3.66. The summed E-state index contributed by atoms with van der Waals surface area (Å²) in [6.45, 7) is 16.3. The van der Waals surface area contributed by atoms with Crippen molar-refractivity contribution in [3.63, 3.8) is 0 Å². The maximum absolute atomic E-state index is 12.1. The third-order valence-electron chi connectivity index (χ3n) is 7.87. The number of nitrogen functional groups attached to an aromatic ring is 1. The van der Waals surface area contributed by atoms with Crippen LogP contribution >= 0.6 is 11.6 Å². The Kier molecular flexibility index (Phi) is 12.2. The second-order valence-electron chi connectivity index (χ2n) is 12.5. The summed E-state index contributed by atoms with van der Waals surface area (Å²) in [7, 11) is 0. The first-order chi connectivity index (χ1) is 23.8. The van der Waals surface area contributed by atoms with Gasteiger partial charge < -0.3 is 15.2 Å². The molecule has 6 aromatic rings. The molecule has 6 rings (SSSR count). The lowest BCUT2D eigenvalue weighted by atomic mass is 10.1. The van der Waals surface area contributed by atoms with E-state index >= 15 is 0 Å². The van der Waals surface area contributed by atoms with Crippen LogP contribution in [0.25, 0.3) is 33.4 Å². The van der Waals surface area contributed by atoms with Gasteiger partial charge in [-0.2, -0.15) is 10.2 Å². The Morgan fingerprint density at radius 3 is 1.59 bits per heavy atom. The molecule has 0 aliphatic rings. The van der Waals surface area contributed by atoms with E-state index in [1.165, 1.54) is 0 Å². The molecule has 2 aromatic carbocycles. The fraction of sp³-hybridized carbons (Fsp3) is 0.333. The fourth-order valence-electron chi connectivity index (χ4n) is 5.58. The van der Waals surface area contributed by atoms with Crippen LogP contribution in [-0.2, 0) is 9.47 Å². The van der Waals surface area contributed by atoms with Crippen LogP contribution in [0.5, 0.6) is 0 Å². The van der Waals surface area contributed by atoms with Gasteiger partial charge in [0.05, 0.1) is 51.8 Å². The molecular weight excluding hydrogens is 666 g/mol. The molecule has 0 amide bonds. The minimum Gasteiger partial charge on any atom is -0.461 e. The second-order valence-corrected chi connectivity index (χ2v) is 12.9. The Labute approximate surface area is 303 Å². The fourth-order valence-corrected chi connectivity index (χ4v) is 5.86. The van der Waals surface area contributed by atoms with Gasteiger partial charge in [-0.15, -0.1) is 0 Å². The lowest BCUT2D eigenvalue weighted by Crippen LogP contribution is -2.09. The number of carbonyl (C=O) groups is 2. The van der Waals surface area contributed by atoms with Crippen molar-refractivity contribution in [1.82, 2.24) is 29.5 Å². The molecule has 0 aliphatic carbocycles. The Bertz CT molecular complexity index is 2050. The Balaban J connectivity index is 0.000000224. The number of pyridine rings is 2. The number of nitrogens with two attached hydrogens (primary N) is 1. The lowest BCUT2D eigenvalue weighted by Gasteiger charge is -2.07. The molecule has 51 heavy (non-hydrogen) atoms. The van der Waals surface area contributed by atoms with E-state index in [9.17, 15) is 9.59 Å². The monoisotopic (exact) mass is 711 g/mol. The topological polar surface area (TPSA) is 140 Å². The summed E-state index contributed by atoms with van der Waals surface area (Å²) in [4.78, 5) is 33.2. The Morgan fingerprint density at radius 1 is 0.725 bits per heavy atom. The van der Waals surface area contributed by atoms with Crippen LogP contribution in [0.2, 0.25) is 5.02 Å². The predicted molar refractivity (Wildman–Crippen MR) is 203 cm³/mol. The number of ether oxygens (including phenoxy) is 2. The van der Waals surface area contributed by atoms with E-state index in [0.29, 0.717) is 22.0 Å². The highest BCUT2D eigenvalue weighted by molar-refractivity contribution is 6.35. The number of hydrogen-bond acceptors (Lipinski definition) is 9. The van der Waals surface area contributed by atoms with Gasteiger partial charge in [-0.3, -0.25) is 0 Å². The molecule has 12 heteroatoms. The first-order valence-electron chi connectivity index (χ1n) is 16.6. The van der Waals surface area contributed by atoms with Crippen LogP contribution in [0, 0.1) is 13.8 Å². The average molecular weight is 712 g/mol. The highest BCUT2D eigenvalue weighted by Crippen LogP contribution is 2.33. The maximum Gasteiger partial charge on any atom is 0.357 e. The minimum atomic E-state index is -0.491. The summed E-state index contributed by atoms with van der Waals surface area (Å²) in [5.41, 5.74) is 13.9. The molecule has 0 saturated carbocycles. The number of halogens is 1. The first kappa shape index (κ1) is 38.5. The van der Waals surface area contributed by atoms with Crippen molar-refractivity contribution in [1.29, 1.82) is 0 Å². The highest BCUT2D eigenvalue weighted by Gasteiger charge is 2.23. The number of aryl methyl sites for hydroxylation is 2. The van der Waals surface area contributed by atoms with Crippen LogP contribution in [0.1, 0.15) is 104 Å². The molecule has 11 nitrogen and oxygen atoms in total. The van der Waals surface area contributed by atoms with Gasteiger partial charge in [-0.05, 0) is 87.1 Å². The van der Waals surface area contributed by atoms with Gasteiger partial charge in [0.25, 0.3) is 0 Å². The summed E-state index contributed by atoms with van der Waals surface area (Å²) in [6, 6.07) is 19.0. The number of fused-ring (bicyclic) bond motifs is 2. The second kappa shape index (κ2) is 16.2. The Morgan fingerprint density at radius 2 is 1.16 bits per heavy atom. The van der Waals surface area contributed by atoms with Gasteiger partial charge in [-0.25, -0.2) is 28.9 Å². The van der Waals surface area contributed by atoms with Crippen molar-refractivity contribution >= 4 is 51.3 Å². The minimum absolute atomic E-state index is 0. The van der Waals surface area contributed by atoms with Gasteiger partial charge in [0, 0.05) is 5.69 Å². The van der Waals surface area contributed by atoms with Crippen LogP contribution in [0.3, 0.4) is 0 Å². The van der Waals surface area contributed by atoms with Gasteiger partial charge in [0.15, 0.2) is 22.7 Å². The van der Waals surface area contributed by atoms with Crippen molar-refractivity contribution < 1.29 is 19.1 Å². The Hall–Kier alpha value is -5.29. The molecule has 0 saturated heterocycles. The molecule has 268 valence electrons. The molecule has 4 aromatic heterocycles. The van der Waals surface area contributed by atoms with Crippen LogP contribution < -0.4 is 5.73 Å². The van der Waals surface area contributed by atoms with E-state index < -0.39 is 11.9 Å². The molecule has 0 aliphatic heterocycles. The zero-order valence-electron chi connectivity index (χ0n) is 29.6. The number of benzene rings is 2. The zero-order chi connectivity index (χ0) is 36.3. The van der Waals surface area contributed by atoms with E-state index in [0.717, 1.165) is 44.7 Å². The zero-order valence-corrected chi connectivity index (χ0v) is 30.4. The molecule has 0 atom stereocenters. The van der Waals surface area contributed by atoms with Crippen molar-refractivity contribution in [3.05, 3.63) is 99.6 Å². The van der Waals surface area contributed by atoms with Crippen molar-refractivity contribution in [2.75, 3.05) is 18.9 Å². The number of anilines is 1. The van der Waals surface area contributed by atoms with Gasteiger partial charge >= 0.3 is 11.9 Å². The standard InChI is InChI=1S/C19H20ClN3O2.C19H22N4O2.CH4/c2*1-5-25-19(24)15-10-14(20)16-17(11(2)3)22-23(18(16)21-15)13-8-6-7-12(4)9-13;/h6-11H,5H2,1-4H3;6-11H,5H2,1-4H3,(H2,20,21);1H4. The molecule has 0 radical (unpaired) electrons. The lowest BCUT2D eigenvalue weighted by molar-refractivity contribution is 0.0510. The van der Waals surface area contributed by atoms with Gasteiger partial charge in [0.1, 0.15) is 0 Å². The summed E-state index contributed by atoms with van der Waals surface area (Å²) in [5, 5.41) is 11.5. The highest BCUT2D eigenvalue weighted by atomic mass is 35.5. The largest absolute Gasteiger partial charge is 0.461 e. The van der Waals surface area contributed by atoms with Crippen LogP contribution in [-0.4, -0.2) is 54.7 Å². The molecule has 0 spiro atoms. The quantitative estimate of drug-likeness (QED) is 0.153. The van der Waals surface area contributed by atoms with Crippen molar-refractivity contribution in [2.45, 2.75) is 74.7 Å². The summed E-state index contributed by atoms with van der Waals surface area (Å²) in [5.74, 6) is -0.638. The third kappa shape index (κ3) is 8.04. The number of esters is 2. The smallest absolute Gasteiger partial charge is 0.357 e. The van der Waals surface area contributed by atoms with Crippen molar-refractivity contribution in [3.8, 4) is 11.4 Å². The SMILES string of the molecule is C.CCOC(=O)c1cc(Cl)c2c(C(C)C)nn(-c3cccc(C)c3)c2n1.CCOC(=O)c1cc(N)c2c(C(C)C)nn(-c3cccc(C)c3)c2n1. The normalized spacial score (nSPS) is 11.0. The molecule has 4 heterocycles. The van der Waals surface area contributed by atoms with Gasteiger partial charge in [0.2, 0.25) is 0 Å². The summed E-state index contributed by atoms with van der Waals surface area (Å²) < 4.78 is 13.6. The van der Waals surface area contributed by atoms with E-state index in [2.05, 4.69) is 37.7 Å². The van der Waals surface area contributed by atoms with Crippen LogP contribution in [0.4, 0.5) is 5.69 Å². The van der Waals surface area contributed by atoms with E-state index in [-0.39, 0.29) is 43.9 Å². The van der Waals surface area contributed by atoms with E-state index in [1.54, 1.807) is 35.3 Å². The van der Waals surface area contributed by atoms with Crippen LogP contribution in [0.15, 0.2) is 60.7 Å². The number of hydrogen-bond donors (Lipinski definition) is 1. The van der Waals surface area contributed by atoms with Gasteiger partial charge in [-0.1, -0.05) is 71.0 Å². The van der Waals surface area contributed by atoms with Crippen molar-refractivity contribution in [2.24, 2.45) is 0 Å². The number of aromatic nitrogens is 6. The molecule has 2 N–H and O–H groups in total. The molecule has 0 fully saturated rings. The number of nitrogens with zero attached hydrogens (tertiary/aromatic N) is 6. The summed E-state index contributed by atoms with van der Waals surface area (Å²) in [6.07, 6.45) is 0. The molecule has 0 unspecified atom stereocenters. The van der Waals surface area contributed by atoms with E-state index in [1.807, 2.05) is 62.4 Å². The molecular formula is C39H46ClN7O4. The number of carbonyl (C=O) groups excluding carboxylic acids is 2. The van der Waals surface area contributed by atoms with E-state index in [4.69, 9.17) is 37.0 Å². The predicted octanol–water partition coefficient (Wildman–Crippen LogP) is 8.93.